The van der Waals surface area contributed by atoms with Crippen molar-refractivity contribution in [3.8, 4) is 11.5 Å². The molecule has 256 valence electrons. The summed E-state index contributed by atoms with van der Waals surface area (Å²) in [5, 5.41) is 0.305. The average molecular weight is 699 g/mol. The topological polar surface area (TPSA) is 118 Å². The zero-order chi connectivity index (χ0) is 34.2. The Morgan fingerprint density at radius 3 is 2.38 bits per heavy atom. The summed E-state index contributed by atoms with van der Waals surface area (Å²) in [6, 6.07) is 16.2. The number of amides is 2. The van der Waals surface area contributed by atoms with Gasteiger partial charge in [0.25, 0.3) is 15.9 Å². The monoisotopic (exact) mass is 698 g/mol. The number of sulfonamides is 1. The number of morpholine rings is 1. The van der Waals surface area contributed by atoms with Gasteiger partial charge in [0.05, 0.1) is 38.0 Å². The number of ether oxygens (including phenoxy) is 4. The Bertz CT molecular complexity index is 1800. The molecule has 12 nitrogen and oxygen atoms in total. The van der Waals surface area contributed by atoms with Gasteiger partial charge in [-0.15, -0.1) is 0 Å². The minimum absolute atomic E-state index is 0.0987. The largest absolute Gasteiger partial charge is 0.497 e. The van der Waals surface area contributed by atoms with Crippen molar-refractivity contribution in [3.05, 3.63) is 82.4 Å². The number of fused-ring (bicyclic) bond motifs is 1. The summed E-state index contributed by atoms with van der Waals surface area (Å²) < 4.78 is 52.6. The highest BCUT2D eigenvalue weighted by Gasteiger charge is 2.63. The van der Waals surface area contributed by atoms with Crippen LogP contribution in [0.2, 0.25) is 5.02 Å². The Morgan fingerprint density at radius 1 is 0.979 bits per heavy atom. The number of halogens is 1. The van der Waals surface area contributed by atoms with Gasteiger partial charge in [0.2, 0.25) is 0 Å². The molecule has 1 unspecified atom stereocenters. The number of rotatable bonds is 9. The smallest absolute Gasteiger partial charge is 0.410 e. The van der Waals surface area contributed by atoms with Gasteiger partial charge in [-0.1, -0.05) is 17.7 Å². The molecular weight excluding hydrogens is 660 g/mol. The fourth-order valence-corrected chi connectivity index (χ4v) is 8.38. The van der Waals surface area contributed by atoms with Crippen LogP contribution in [0.1, 0.15) is 29.5 Å². The van der Waals surface area contributed by atoms with Crippen LogP contribution in [-0.4, -0.2) is 103 Å². The number of carbonyl (C=O) groups is 2. The van der Waals surface area contributed by atoms with E-state index in [-0.39, 0.29) is 10.6 Å². The predicted molar refractivity (Wildman–Crippen MR) is 179 cm³/mol. The molecule has 2 amide bonds. The molecule has 0 spiro atoms. The summed E-state index contributed by atoms with van der Waals surface area (Å²) in [4.78, 5) is 33.7. The van der Waals surface area contributed by atoms with Crippen LogP contribution in [0.5, 0.6) is 11.5 Å². The third-order valence-corrected chi connectivity index (χ3v) is 11.0. The van der Waals surface area contributed by atoms with E-state index in [9.17, 15) is 13.2 Å². The fourth-order valence-electron chi connectivity index (χ4n) is 6.75. The Morgan fingerprint density at radius 2 is 1.71 bits per heavy atom. The summed E-state index contributed by atoms with van der Waals surface area (Å²) in [5.41, 5.74) is -0.0116. The van der Waals surface area contributed by atoms with E-state index in [1.807, 2.05) is 12.1 Å². The maximum atomic E-state index is 15.5. The van der Waals surface area contributed by atoms with Gasteiger partial charge in [-0.25, -0.2) is 22.4 Å². The Balaban J connectivity index is 1.60. The van der Waals surface area contributed by atoms with Crippen molar-refractivity contribution in [2.45, 2.75) is 36.0 Å². The normalized spacial score (nSPS) is 21.6. The van der Waals surface area contributed by atoms with Gasteiger partial charge < -0.3 is 23.8 Å². The highest BCUT2D eigenvalue weighted by atomic mass is 35.5. The molecule has 0 saturated carbocycles. The van der Waals surface area contributed by atoms with Crippen molar-refractivity contribution < 1.29 is 37.0 Å². The molecule has 0 N–H and O–H groups in total. The van der Waals surface area contributed by atoms with Crippen LogP contribution in [0.4, 0.5) is 10.5 Å². The van der Waals surface area contributed by atoms with Crippen molar-refractivity contribution in [1.29, 1.82) is 0 Å². The van der Waals surface area contributed by atoms with Crippen LogP contribution in [0.15, 0.2) is 65.6 Å². The lowest BCUT2D eigenvalue weighted by Crippen LogP contribution is -2.57. The standard InChI is InChI=1S/C34H39ClN4O8S/c1-36(2)33(41)47-31-6-5-15-38(31)34(28-20-23(7-14-30(28)45-4)22-37-16-18-46-19-17-37)27-21-24(35)8-13-29(27)39(32(34)40)48(42,43)26-11-9-25(44-3)10-12-26/h7-14,20-21,31H,5-6,15-19,22H2,1-4H3/t31-,34?/m0/s1. The lowest BCUT2D eigenvalue weighted by molar-refractivity contribution is -0.132. The minimum atomic E-state index is -4.47. The van der Waals surface area contributed by atoms with E-state index in [2.05, 4.69) is 4.90 Å². The first-order valence-electron chi connectivity index (χ1n) is 15.7. The number of hydrogen-bond acceptors (Lipinski definition) is 10. The molecule has 6 rings (SSSR count). The van der Waals surface area contributed by atoms with Gasteiger partial charge in [0.15, 0.2) is 11.8 Å². The summed E-state index contributed by atoms with van der Waals surface area (Å²) in [6.45, 7) is 3.60. The first-order valence-corrected chi connectivity index (χ1v) is 17.5. The van der Waals surface area contributed by atoms with Crippen LogP contribution >= 0.6 is 11.6 Å². The van der Waals surface area contributed by atoms with Crippen LogP contribution in [0.25, 0.3) is 0 Å². The van der Waals surface area contributed by atoms with Gasteiger partial charge in [-0.3, -0.25) is 9.69 Å². The highest BCUT2D eigenvalue weighted by Crippen LogP contribution is 2.55. The van der Waals surface area contributed by atoms with Gasteiger partial charge in [-0.2, -0.15) is 0 Å². The maximum Gasteiger partial charge on any atom is 0.410 e. The molecule has 0 radical (unpaired) electrons. The van der Waals surface area contributed by atoms with Crippen LogP contribution in [0.3, 0.4) is 0 Å². The second kappa shape index (κ2) is 13.6. The minimum Gasteiger partial charge on any atom is -0.497 e. The third-order valence-electron chi connectivity index (χ3n) is 9.05. The molecule has 0 aliphatic carbocycles. The Hall–Kier alpha value is -3.88. The number of hydrogen-bond donors (Lipinski definition) is 0. The first kappa shape index (κ1) is 34.0. The van der Waals surface area contributed by atoms with E-state index in [1.54, 1.807) is 43.3 Å². The fraction of sp³-hybridized carbons (Fsp3) is 0.412. The zero-order valence-electron chi connectivity index (χ0n) is 27.3. The number of likely N-dealkylation sites (tertiary alicyclic amines) is 1. The molecule has 2 atom stereocenters. The second-order valence-electron chi connectivity index (χ2n) is 12.1. The van der Waals surface area contributed by atoms with Crippen LogP contribution in [-0.2, 0) is 36.4 Å². The number of methoxy groups -OCH3 is 2. The van der Waals surface area contributed by atoms with Crippen molar-refractivity contribution >= 4 is 39.3 Å². The lowest BCUT2D eigenvalue weighted by atomic mass is 9.80. The van der Waals surface area contributed by atoms with E-state index in [0.717, 1.165) is 23.0 Å². The van der Waals surface area contributed by atoms with Gasteiger partial charge in [-0.05, 0) is 73.0 Å². The molecule has 0 aromatic heterocycles. The van der Waals surface area contributed by atoms with Crippen molar-refractivity contribution in [1.82, 2.24) is 14.7 Å². The van der Waals surface area contributed by atoms with Crippen molar-refractivity contribution in [2.75, 3.05) is 65.5 Å². The maximum absolute atomic E-state index is 15.5. The van der Waals surface area contributed by atoms with E-state index in [0.29, 0.717) is 66.8 Å². The van der Waals surface area contributed by atoms with Gasteiger partial charge in [0.1, 0.15) is 11.5 Å². The number of carbonyl (C=O) groups excluding carboxylic acids is 2. The molecule has 14 heteroatoms. The third kappa shape index (κ3) is 5.87. The van der Waals surface area contributed by atoms with E-state index >= 15 is 4.79 Å². The van der Waals surface area contributed by atoms with Crippen LogP contribution < -0.4 is 13.8 Å². The molecule has 3 heterocycles. The molecule has 3 aliphatic heterocycles. The Labute approximate surface area is 285 Å². The zero-order valence-corrected chi connectivity index (χ0v) is 28.9. The average Bonchev–Trinajstić information content (AvgIpc) is 3.64. The summed E-state index contributed by atoms with van der Waals surface area (Å²) >= 11 is 6.65. The molecule has 3 aromatic rings. The molecule has 48 heavy (non-hydrogen) atoms. The van der Waals surface area contributed by atoms with Gasteiger partial charge in [0, 0.05) is 56.4 Å². The summed E-state index contributed by atoms with van der Waals surface area (Å²) in [7, 11) is 1.67. The highest BCUT2D eigenvalue weighted by molar-refractivity contribution is 7.93. The SMILES string of the molecule is COc1ccc(S(=O)(=O)N2C(=O)C(c3cc(CN4CCOCC4)ccc3OC)(N3CCC[C@@H]3OC(=O)N(C)C)c3cc(Cl)ccc32)cc1. The number of nitrogens with zero attached hydrogens (tertiary/aromatic N) is 4. The first-order chi connectivity index (χ1) is 23.0. The second-order valence-corrected chi connectivity index (χ2v) is 14.3. The lowest BCUT2D eigenvalue weighted by Gasteiger charge is -2.42. The van der Waals surface area contributed by atoms with E-state index in [1.165, 1.54) is 43.4 Å². The van der Waals surface area contributed by atoms with E-state index in [4.69, 9.17) is 30.5 Å². The van der Waals surface area contributed by atoms with Crippen molar-refractivity contribution in [3.63, 3.8) is 0 Å². The Kier molecular flexibility index (Phi) is 9.60. The molecular formula is C34H39ClN4O8S. The molecule has 2 saturated heterocycles. The molecule has 3 aliphatic rings. The summed E-state index contributed by atoms with van der Waals surface area (Å²) in [6.07, 6.45) is -0.454. The van der Waals surface area contributed by atoms with E-state index < -0.39 is 33.8 Å². The molecule has 0 bridgehead atoms. The van der Waals surface area contributed by atoms with Gasteiger partial charge >= 0.3 is 6.09 Å². The number of anilines is 1. The number of benzene rings is 3. The van der Waals surface area contributed by atoms with Crippen LogP contribution in [0, 0.1) is 0 Å². The summed E-state index contributed by atoms with van der Waals surface area (Å²) in [5.74, 6) is 0.0751. The molecule has 2 fully saturated rings. The predicted octanol–water partition coefficient (Wildman–Crippen LogP) is 4.29. The molecule has 3 aromatic carbocycles. The van der Waals surface area contributed by atoms with Crippen molar-refractivity contribution in [2.24, 2.45) is 0 Å². The quantitative estimate of drug-likeness (QED) is 0.320.